The third-order valence-electron chi connectivity index (χ3n) is 3.94. The lowest BCUT2D eigenvalue weighted by atomic mass is 9.97. The SMILES string of the molecule is COC(C)C(=O)OCCC(CCC(C)=O)C(=O)Nc1ccc(S(=O)O)cc1. The molecule has 150 valence electrons. The third kappa shape index (κ3) is 8.42. The van der Waals surface area contributed by atoms with Crippen LogP contribution in [0.2, 0.25) is 0 Å². The molecule has 1 rings (SSSR count). The fourth-order valence-corrected chi connectivity index (χ4v) is 2.57. The molecule has 0 bridgehead atoms. The maximum atomic E-state index is 12.5. The maximum Gasteiger partial charge on any atom is 0.334 e. The fraction of sp³-hybridized carbons (Fsp3) is 0.500. The average Bonchev–Trinajstić information content (AvgIpc) is 2.63. The Labute approximate surface area is 160 Å². The van der Waals surface area contributed by atoms with Crippen molar-refractivity contribution < 1.29 is 32.6 Å². The largest absolute Gasteiger partial charge is 0.464 e. The summed E-state index contributed by atoms with van der Waals surface area (Å²) in [5.74, 6) is -1.39. The van der Waals surface area contributed by atoms with Gasteiger partial charge in [0.05, 0.1) is 11.5 Å². The van der Waals surface area contributed by atoms with Gasteiger partial charge in [-0.15, -0.1) is 0 Å². The van der Waals surface area contributed by atoms with Crippen LogP contribution in [0.5, 0.6) is 0 Å². The van der Waals surface area contributed by atoms with Gasteiger partial charge in [0.1, 0.15) is 5.78 Å². The van der Waals surface area contributed by atoms with Crippen molar-refractivity contribution in [3.05, 3.63) is 24.3 Å². The summed E-state index contributed by atoms with van der Waals surface area (Å²) < 4.78 is 29.9. The van der Waals surface area contributed by atoms with Crippen molar-refractivity contribution >= 4 is 34.4 Å². The Kier molecular flexibility index (Phi) is 9.84. The van der Waals surface area contributed by atoms with Gasteiger partial charge in [0.25, 0.3) is 0 Å². The molecule has 2 N–H and O–H groups in total. The Morgan fingerprint density at radius 2 is 1.81 bits per heavy atom. The van der Waals surface area contributed by atoms with E-state index in [1.807, 2.05) is 0 Å². The van der Waals surface area contributed by atoms with E-state index in [0.717, 1.165) is 0 Å². The molecular weight excluding hydrogens is 374 g/mol. The molecule has 0 heterocycles. The summed E-state index contributed by atoms with van der Waals surface area (Å²) in [6, 6.07) is 5.90. The average molecular weight is 399 g/mol. The summed E-state index contributed by atoms with van der Waals surface area (Å²) in [4.78, 5) is 35.6. The van der Waals surface area contributed by atoms with Crippen LogP contribution in [0.15, 0.2) is 29.2 Å². The molecule has 8 nitrogen and oxygen atoms in total. The van der Waals surface area contributed by atoms with Crippen molar-refractivity contribution in [1.29, 1.82) is 0 Å². The number of esters is 1. The molecule has 3 unspecified atom stereocenters. The van der Waals surface area contributed by atoms with Gasteiger partial charge in [-0.25, -0.2) is 9.00 Å². The van der Waals surface area contributed by atoms with Crippen molar-refractivity contribution in [2.24, 2.45) is 5.92 Å². The number of ether oxygens (including phenoxy) is 2. The van der Waals surface area contributed by atoms with E-state index in [-0.39, 0.29) is 36.0 Å². The first-order valence-electron chi connectivity index (χ1n) is 8.45. The first-order valence-corrected chi connectivity index (χ1v) is 9.56. The van der Waals surface area contributed by atoms with Crippen LogP contribution in [-0.2, 0) is 34.9 Å². The predicted octanol–water partition coefficient (Wildman–Crippen LogP) is 2.16. The maximum absolute atomic E-state index is 12.5. The zero-order chi connectivity index (χ0) is 20.4. The van der Waals surface area contributed by atoms with Crippen molar-refractivity contribution in [3.63, 3.8) is 0 Å². The van der Waals surface area contributed by atoms with E-state index in [9.17, 15) is 18.6 Å². The lowest BCUT2D eigenvalue weighted by Crippen LogP contribution is -2.27. The minimum atomic E-state index is -2.09. The number of carbonyl (C=O) groups excluding carboxylic acids is 3. The summed E-state index contributed by atoms with van der Waals surface area (Å²) in [6.07, 6.45) is 0.144. The van der Waals surface area contributed by atoms with Gasteiger partial charge in [0, 0.05) is 25.1 Å². The van der Waals surface area contributed by atoms with Crippen molar-refractivity contribution in [1.82, 2.24) is 0 Å². The minimum absolute atomic E-state index is 0.0327. The van der Waals surface area contributed by atoms with Gasteiger partial charge in [-0.2, -0.15) is 0 Å². The number of Topliss-reactive ketones (excluding diaryl/α,β-unsaturated/α-hetero) is 1. The summed E-state index contributed by atoms with van der Waals surface area (Å²) in [5.41, 5.74) is 0.465. The van der Waals surface area contributed by atoms with Crippen molar-refractivity contribution in [3.8, 4) is 0 Å². The van der Waals surface area contributed by atoms with Gasteiger partial charge in [-0.1, -0.05) is 0 Å². The van der Waals surface area contributed by atoms with Crippen LogP contribution in [-0.4, -0.2) is 46.2 Å². The van der Waals surface area contributed by atoms with Crippen LogP contribution in [0.25, 0.3) is 0 Å². The van der Waals surface area contributed by atoms with Crippen LogP contribution in [0.3, 0.4) is 0 Å². The lowest BCUT2D eigenvalue weighted by molar-refractivity contribution is -0.155. The number of ketones is 1. The number of carbonyl (C=O) groups is 3. The Hall–Kier alpha value is -2.10. The molecule has 0 saturated heterocycles. The Morgan fingerprint density at radius 1 is 1.19 bits per heavy atom. The minimum Gasteiger partial charge on any atom is -0.464 e. The van der Waals surface area contributed by atoms with E-state index >= 15 is 0 Å². The standard InChI is InChI=1S/C18H25NO7S/c1-12(20)4-5-14(10-11-26-18(22)13(2)25-3)17(21)19-15-6-8-16(9-7-15)27(23)24/h6-9,13-14H,4-5,10-11H2,1-3H3,(H,19,21)(H,23,24). The number of nitrogens with one attached hydrogen (secondary N) is 1. The van der Waals surface area contributed by atoms with Crippen molar-refractivity contribution in [2.45, 2.75) is 44.1 Å². The van der Waals surface area contributed by atoms with E-state index in [4.69, 9.17) is 14.0 Å². The highest BCUT2D eigenvalue weighted by Crippen LogP contribution is 2.17. The molecule has 1 amide bonds. The third-order valence-corrected chi connectivity index (χ3v) is 4.61. The number of rotatable bonds is 11. The Morgan fingerprint density at radius 3 is 2.33 bits per heavy atom. The summed E-state index contributed by atoms with van der Waals surface area (Å²) in [5, 5.41) is 2.71. The molecule has 0 aliphatic carbocycles. The number of amides is 1. The summed E-state index contributed by atoms with van der Waals surface area (Å²) >= 11 is -2.09. The molecule has 0 saturated carbocycles. The molecule has 0 aliphatic heterocycles. The molecule has 1 aromatic rings. The fourth-order valence-electron chi connectivity index (χ4n) is 2.20. The number of benzene rings is 1. The highest BCUT2D eigenvalue weighted by molar-refractivity contribution is 7.79. The zero-order valence-corrected chi connectivity index (χ0v) is 16.4. The van der Waals surface area contributed by atoms with Crippen LogP contribution >= 0.6 is 0 Å². The normalized spacial score (nSPS) is 14.1. The van der Waals surface area contributed by atoms with E-state index in [1.165, 1.54) is 38.3 Å². The topological polar surface area (TPSA) is 119 Å². The molecule has 0 spiro atoms. The number of methoxy groups -OCH3 is 1. The lowest BCUT2D eigenvalue weighted by Gasteiger charge is -2.17. The van der Waals surface area contributed by atoms with Gasteiger partial charge >= 0.3 is 5.97 Å². The van der Waals surface area contributed by atoms with E-state index < -0.39 is 29.1 Å². The van der Waals surface area contributed by atoms with Gasteiger partial charge in [-0.05, 0) is 51.0 Å². The van der Waals surface area contributed by atoms with Gasteiger partial charge in [-0.3, -0.25) is 4.79 Å². The first-order chi connectivity index (χ1) is 12.7. The summed E-state index contributed by atoms with van der Waals surface area (Å²) in [6.45, 7) is 3.04. The van der Waals surface area contributed by atoms with E-state index in [2.05, 4.69) is 5.32 Å². The smallest absolute Gasteiger partial charge is 0.334 e. The van der Waals surface area contributed by atoms with Crippen molar-refractivity contribution in [2.75, 3.05) is 19.0 Å². The molecule has 27 heavy (non-hydrogen) atoms. The Balaban J connectivity index is 2.67. The molecule has 1 aromatic carbocycles. The highest BCUT2D eigenvalue weighted by Gasteiger charge is 2.21. The number of anilines is 1. The molecule has 3 atom stereocenters. The molecule has 0 aromatic heterocycles. The summed E-state index contributed by atoms with van der Waals surface area (Å²) in [7, 11) is 1.40. The second-order valence-corrected chi connectivity index (χ2v) is 7.00. The van der Waals surface area contributed by atoms with E-state index in [0.29, 0.717) is 12.1 Å². The Bertz CT molecular complexity index is 675. The quantitative estimate of drug-likeness (QED) is 0.432. The second-order valence-electron chi connectivity index (χ2n) is 6.03. The van der Waals surface area contributed by atoms with Crippen LogP contribution in [0.1, 0.15) is 33.1 Å². The zero-order valence-electron chi connectivity index (χ0n) is 15.6. The van der Waals surface area contributed by atoms with Gasteiger partial charge < -0.3 is 24.1 Å². The van der Waals surface area contributed by atoms with E-state index in [1.54, 1.807) is 6.92 Å². The number of hydrogen-bond donors (Lipinski definition) is 2. The highest BCUT2D eigenvalue weighted by atomic mass is 32.2. The van der Waals surface area contributed by atoms with Crippen LogP contribution < -0.4 is 5.32 Å². The molecule has 9 heteroatoms. The monoisotopic (exact) mass is 399 g/mol. The second kappa shape index (κ2) is 11.6. The predicted molar refractivity (Wildman–Crippen MR) is 99.6 cm³/mol. The first kappa shape index (κ1) is 22.9. The van der Waals surface area contributed by atoms with Crippen LogP contribution in [0.4, 0.5) is 5.69 Å². The molecule has 0 radical (unpaired) electrons. The molecular formula is C18H25NO7S. The van der Waals surface area contributed by atoms with Crippen LogP contribution in [0, 0.1) is 5.92 Å². The van der Waals surface area contributed by atoms with Gasteiger partial charge in [0.15, 0.2) is 17.2 Å². The molecule has 0 fully saturated rings. The van der Waals surface area contributed by atoms with Gasteiger partial charge in [0.2, 0.25) is 5.91 Å². The molecule has 0 aliphatic rings. The number of hydrogen-bond acceptors (Lipinski definition) is 6.